The molecule has 0 bridgehead atoms. The molecule has 0 saturated heterocycles. The van der Waals surface area contributed by atoms with Crippen LogP contribution in [0.15, 0.2) is 70.5 Å². The van der Waals surface area contributed by atoms with Crippen molar-refractivity contribution in [2.75, 3.05) is 11.5 Å². The fraction of sp³-hybridized carbons (Fsp3) is 0.333. The van der Waals surface area contributed by atoms with E-state index in [0.717, 1.165) is 17.9 Å². The first kappa shape index (κ1) is 15.5. The molecular formula is C18H22S2. The molecule has 0 unspecified atom stereocenters. The lowest BCUT2D eigenvalue weighted by Gasteiger charge is -2.24. The van der Waals surface area contributed by atoms with E-state index in [0.29, 0.717) is 5.41 Å². The van der Waals surface area contributed by atoms with Gasteiger partial charge in [-0.2, -0.15) is 0 Å². The van der Waals surface area contributed by atoms with Crippen molar-refractivity contribution < 1.29 is 0 Å². The van der Waals surface area contributed by atoms with E-state index in [1.165, 1.54) is 9.80 Å². The molecule has 0 aliphatic heterocycles. The topological polar surface area (TPSA) is 0 Å². The van der Waals surface area contributed by atoms with Gasteiger partial charge in [-0.05, 0) is 30.0 Å². The Labute approximate surface area is 131 Å². The molecule has 0 saturated carbocycles. The van der Waals surface area contributed by atoms with E-state index in [1.54, 1.807) is 0 Å². The summed E-state index contributed by atoms with van der Waals surface area (Å²) in [5.74, 6) is 2.31. The maximum absolute atomic E-state index is 2.36. The molecule has 1 aliphatic carbocycles. The lowest BCUT2D eigenvalue weighted by Crippen LogP contribution is -2.18. The molecule has 0 aromatic heterocycles. The van der Waals surface area contributed by atoms with Crippen LogP contribution in [0.2, 0.25) is 0 Å². The minimum Gasteiger partial charge on any atom is -0.126 e. The van der Waals surface area contributed by atoms with Gasteiger partial charge >= 0.3 is 0 Å². The van der Waals surface area contributed by atoms with Gasteiger partial charge in [0.1, 0.15) is 0 Å². The van der Waals surface area contributed by atoms with Crippen LogP contribution in [-0.4, -0.2) is 11.5 Å². The largest absolute Gasteiger partial charge is 0.126 e. The maximum atomic E-state index is 2.36. The number of rotatable bonds is 6. The Balaban J connectivity index is 1.80. The SMILES string of the molecule is CC(C)(CSC1=CCC=CC=C1)CSc1ccccc1. The molecule has 0 atom stereocenters. The summed E-state index contributed by atoms with van der Waals surface area (Å²) in [5, 5.41) is 0. The Morgan fingerprint density at radius 2 is 1.75 bits per heavy atom. The summed E-state index contributed by atoms with van der Waals surface area (Å²) in [5.41, 5.74) is 0.333. The summed E-state index contributed by atoms with van der Waals surface area (Å²) >= 11 is 3.93. The van der Waals surface area contributed by atoms with E-state index in [-0.39, 0.29) is 0 Å². The molecular weight excluding hydrogens is 280 g/mol. The number of benzene rings is 1. The van der Waals surface area contributed by atoms with Gasteiger partial charge in [0.25, 0.3) is 0 Å². The van der Waals surface area contributed by atoms with Crippen LogP contribution in [0.5, 0.6) is 0 Å². The Morgan fingerprint density at radius 3 is 2.55 bits per heavy atom. The first-order valence-electron chi connectivity index (χ1n) is 7.00. The second-order valence-electron chi connectivity index (χ2n) is 5.68. The van der Waals surface area contributed by atoms with Crippen molar-refractivity contribution in [1.82, 2.24) is 0 Å². The van der Waals surface area contributed by atoms with E-state index >= 15 is 0 Å². The van der Waals surface area contributed by atoms with Gasteiger partial charge < -0.3 is 0 Å². The zero-order chi connectivity index (χ0) is 14.3. The van der Waals surface area contributed by atoms with Gasteiger partial charge in [-0.1, -0.05) is 56.4 Å². The van der Waals surface area contributed by atoms with Crippen molar-refractivity contribution in [2.45, 2.75) is 25.2 Å². The molecule has 0 N–H and O–H groups in total. The van der Waals surface area contributed by atoms with Crippen molar-refractivity contribution in [1.29, 1.82) is 0 Å². The van der Waals surface area contributed by atoms with E-state index in [1.807, 2.05) is 23.5 Å². The number of hydrogen-bond donors (Lipinski definition) is 0. The summed E-state index contributed by atoms with van der Waals surface area (Å²) < 4.78 is 0. The zero-order valence-corrected chi connectivity index (χ0v) is 13.8. The summed E-state index contributed by atoms with van der Waals surface area (Å²) in [6.45, 7) is 4.71. The fourth-order valence-corrected chi connectivity index (χ4v) is 3.97. The third kappa shape index (κ3) is 5.64. The average molecular weight is 303 g/mol. The Morgan fingerprint density at radius 1 is 1.00 bits per heavy atom. The number of hydrogen-bond acceptors (Lipinski definition) is 2. The Kier molecular flexibility index (Phi) is 6.06. The van der Waals surface area contributed by atoms with Crippen LogP contribution >= 0.6 is 23.5 Å². The van der Waals surface area contributed by atoms with Gasteiger partial charge in [0.2, 0.25) is 0 Å². The van der Waals surface area contributed by atoms with E-state index in [2.05, 4.69) is 74.6 Å². The molecule has 0 nitrogen and oxygen atoms in total. The predicted octanol–water partition coefficient (Wildman–Crippen LogP) is 5.94. The molecule has 2 heteroatoms. The minimum atomic E-state index is 0.333. The smallest absolute Gasteiger partial charge is 0.00721 e. The molecule has 0 heterocycles. The molecule has 106 valence electrons. The van der Waals surface area contributed by atoms with Gasteiger partial charge in [0, 0.05) is 21.3 Å². The molecule has 1 aliphatic rings. The highest BCUT2D eigenvalue weighted by Gasteiger charge is 2.18. The standard InChI is InChI=1S/C18H22S2/c1-18(2,15-20-17-12-8-5-9-13-17)14-19-16-10-6-3-4-7-11-16/h3-6,8-13H,7,14-15H2,1-2H3. The molecule has 2 rings (SSSR count). The fourth-order valence-electron chi connectivity index (χ4n) is 1.78. The highest BCUT2D eigenvalue weighted by Crippen LogP contribution is 2.33. The average Bonchev–Trinajstić information content (AvgIpc) is 2.73. The number of thioether (sulfide) groups is 2. The normalized spacial score (nSPS) is 15.0. The third-order valence-corrected chi connectivity index (χ3v) is 6.06. The van der Waals surface area contributed by atoms with Gasteiger partial charge in [-0.15, -0.1) is 23.5 Å². The molecule has 0 fully saturated rings. The van der Waals surface area contributed by atoms with Gasteiger partial charge in [-0.25, -0.2) is 0 Å². The predicted molar refractivity (Wildman–Crippen MR) is 94.4 cm³/mol. The van der Waals surface area contributed by atoms with Crippen LogP contribution < -0.4 is 0 Å². The molecule has 0 radical (unpaired) electrons. The summed E-state index contributed by atoms with van der Waals surface area (Å²) in [4.78, 5) is 2.76. The Hall–Kier alpha value is -0.860. The van der Waals surface area contributed by atoms with Crippen molar-refractivity contribution >= 4 is 23.5 Å². The quantitative estimate of drug-likeness (QED) is 0.597. The third-order valence-electron chi connectivity index (χ3n) is 2.97. The van der Waals surface area contributed by atoms with Crippen LogP contribution in [0.1, 0.15) is 20.3 Å². The van der Waals surface area contributed by atoms with Crippen molar-refractivity contribution in [3.05, 3.63) is 65.6 Å². The number of allylic oxidation sites excluding steroid dienone is 5. The van der Waals surface area contributed by atoms with Crippen molar-refractivity contribution in [3.8, 4) is 0 Å². The Bertz CT molecular complexity index is 495. The summed E-state index contributed by atoms with van der Waals surface area (Å²) in [7, 11) is 0. The lowest BCUT2D eigenvalue weighted by atomic mass is 10.0. The molecule has 1 aromatic carbocycles. The maximum Gasteiger partial charge on any atom is 0.00721 e. The van der Waals surface area contributed by atoms with E-state index < -0.39 is 0 Å². The van der Waals surface area contributed by atoms with Crippen molar-refractivity contribution in [3.63, 3.8) is 0 Å². The molecule has 1 aromatic rings. The zero-order valence-electron chi connectivity index (χ0n) is 12.2. The first-order chi connectivity index (χ1) is 9.66. The van der Waals surface area contributed by atoms with Crippen molar-refractivity contribution in [2.24, 2.45) is 5.41 Å². The summed E-state index contributed by atoms with van der Waals surface area (Å²) in [6.07, 6.45) is 12.0. The summed E-state index contributed by atoms with van der Waals surface area (Å²) in [6, 6.07) is 10.7. The molecule has 0 spiro atoms. The van der Waals surface area contributed by atoms with Crippen LogP contribution in [0.25, 0.3) is 0 Å². The monoisotopic (exact) mass is 302 g/mol. The lowest BCUT2D eigenvalue weighted by molar-refractivity contribution is 0.493. The second kappa shape index (κ2) is 7.80. The van der Waals surface area contributed by atoms with Gasteiger partial charge in [-0.3, -0.25) is 0 Å². The van der Waals surface area contributed by atoms with Crippen LogP contribution in [0, 0.1) is 5.41 Å². The van der Waals surface area contributed by atoms with Crippen LogP contribution in [0.4, 0.5) is 0 Å². The second-order valence-corrected chi connectivity index (χ2v) is 7.78. The van der Waals surface area contributed by atoms with Crippen LogP contribution in [-0.2, 0) is 0 Å². The van der Waals surface area contributed by atoms with Crippen LogP contribution in [0.3, 0.4) is 0 Å². The van der Waals surface area contributed by atoms with E-state index in [9.17, 15) is 0 Å². The molecule has 0 amide bonds. The van der Waals surface area contributed by atoms with E-state index in [4.69, 9.17) is 0 Å². The highest BCUT2D eigenvalue weighted by molar-refractivity contribution is 8.03. The molecule has 20 heavy (non-hydrogen) atoms. The minimum absolute atomic E-state index is 0.333. The highest BCUT2D eigenvalue weighted by atomic mass is 32.2. The van der Waals surface area contributed by atoms with Gasteiger partial charge in [0.05, 0.1) is 0 Å². The first-order valence-corrected chi connectivity index (χ1v) is 8.97. The van der Waals surface area contributed by atoms with Gasteiger partial charge in [0.15, 0.2) is 0 Å².